The van der Waals surface area contributed by atoms with E-state index >= 15 is 0 Å². The minimum absolute atomic E-state index is 0.158. The molecule has 0 heterocycles. The number of nitrogen functional groups attached to an aromatic ring is 1. The van der Waals surface area contributed by atoms with Crippen LogP contribution in [0.2, 0.25) is 0 Å². The summed E-state index contributed by atoms with van der Waals surface area (Å²) in [5, 5.41) is 24.7. The summed E-state index contributed by atoms with van der Waals surface area (Å²) in [5.74, 6) is -0.158. The molecule has 0 bridgehead atoms. The number of benzene rings is 2. The zero-order chi connectivity index (χ0) is 15.4. The van der Waals surface area contributed by atoms with Crippen LogP contribution in [0, 0.1) is 0 Å². The zero-order valence-corrected chi connectivity index (χ0v) is 11.9. The van der Waals surface area contributed by atoms with Crippen LogP contribution in [0.1, 0.15) is 25.0 Å². The Labute approximate surface area is 123 Å². The van der Waals surface area contributed by atoms with Crippen molar-refractivity contribution in [1.29, 1.82) is 0 Å². The Morgan fingerprint density at radius 2 is 1.86 bits per heavy atom. The highest BCUT2D eigenvalue weighted by Crippen LogP contribution is 2.30. The van der Waals surface area contributed by atoms with E-state index in [1.807, 2.05) is 18.2 Å². The van der Waals surface area contributed by atoms with Crippen molar-refractivity contribution in [2.75, 3.05) is 12.3 Å². The summed E-state index contributed by atoms with van der Waals surface area (Å²) in [6.45, 7) is 1.73. The number of nitrogens with one attached hydrogen (secondary N) is 1. The summed E-state index contributed by atoms with van der Waals surface area (Å²) in [6, 6.07) is 10.9. The second kappa shape index (κ2) is 6.56. The average Bonchev–Trinajstić information content (AvgIpc) is 2.46. The predicted molar refractivity (Wildman–Crippen MR) is 82.6 cm³/mol. The Morgan fingerprint density at radius 3 is 2.57 bits per heavy atom. The van der Waals surface area contributed by atoms with Gasteiger partial charge in [-0.1, -0.05) is 30.3 Å². The lowest BCUT2D eigenvalue weighted by atomic mass is 9.95. The van der Waals surface area contributed by atoms with Crippen LogP contribution in [0.3, 0.4) is 0 Å². The molecule has 0 saturated heterocycles. The van der Waals surface area contributed by atoms with Crippen LogP contribution in [0.5, 0.6) is 0 Å². The lowest BCUT2D eigenvalue weighted by molar-refractivity contribution is -0.119. The van der Waals surface area contributed by atoms with Gasteiger partial charge in [-0.2, -0.15) is 0 Å². The number of anilines is 1. The van der Waals surface area contributed by atoms with Crippen molar-refractivity contribution in [3.05, 3.63) is 42.0 Å². The van der Waals surface area contributed by atoms with Crippen LogP contribution in [0.15, 0.2) is 36.4 Å². The Morgan fingerprint density at radius 1 is 1.19 bits per heavy atom. The first kappa shape index (κ1) is 15.3. The molecule has 2 aromatic rings. The molecular weight excluding hydrogens is 268 g/mol. The second-order valence-corrected chi connectivity index (χ2v) is 5.07. The van der Waals surface area contributed by atoms with Crippen LogP contribution in [-0.2, 0) is 4.79 Å². The first-order chi connectivity index (χ1) is 10.0. The van der Waals surface area contributed by atoms with Crippen molar-refractivity contribution in [2.24, 2.45) is 0 Å². The van der Waals surface area contributed by atoms with Crippen LogP contribution < -0.4 is 11.1 Å². The summed E-state index contributed by atoms with van der Waals surface area (Å²) >= 11 is 0. The molecule has 1 amide bonds. The summed E-state index contributed by atoms with van der Waals surface area (Å²) < 4.78 is 0. The highest BCUT2D eigenvalue weighted by Gasteiger charge is 2.20. The van der Waals surface area contributed by atoms with Crippen molar-refractivity contribution in [3.63, 3.8) is 0 Å². The zero-order valence-electron chi connectivity index (χ0n) is 11.9. The lowest BCUT2D eigenvalue weighted by Gasteiger charge is -2.20. The largest absolute Gasteiger partial charge is 0.398 e. The molecule has 21 heavy (non-hydrogen) atoms. The fourth-order valence-electron chi connectivity index (χ4n) is 2.38. The van der Waals surface area contributed by atoms with Gasteiger partial charge in [0.15, 0.2) is 0 Å². The number of aliphatic hydroxyl groups is 2. The van der Waals surface area contributed by atoms with Crippen molar-refractivity contribution >= 4 is 22.4 Å². The number of hydrogen-bond donors (Lipinski definition) is 4. The molecule has 0 radical (unpaired) electrons. The SMILES string of the molecule is CC(=O)NCCC(O)C(O)c1cccc2c(N)cccc12. The summed E-state index contributed by atoms with van der Waals surface area (Å²) in [7, 11) is 0. The Balaban J connectivity index is 2.21. The summed E-state index contributed by atoms with van der Waals surface area (Å²) in [5.41, 5.74) is 7.19. The van der Waals surface area contributed by atoms with E-state index in [1.54, 1.807) is 18.2 Å². The van der Waals surface area contributed by atoms with Crippen LogP contribution in [0.4, 0.5) is 5.69 Å². The molecule has 2 rings (SSSR count). The molecule has 0 aliphatic carbocycles. The molecule has 0 fully saturated rings. The Kier molecular flexibility index (Phi) is 4.77. The van der Waals surface area contributed by atoms with Gasteiger partial charge >= 0.3 is 0 Å². The quantitative estimate of drug-likeness (QED) is 0.624. The maximum atomic E-state index is 10.8. The lowest BCUT2D eigenvalue weighted by Crippen LogP contribution is -2.27. The van der Waals surface area contributed by atoms with Gasteiger partial charge in [0.1, 0.15) is 6.10 Å². The number of fused-ring (bicyclic) bond motifs is 1. The molecule has 0 saturated carbocycles. The highest BCUT2D eigenvalue weighted by atomic mass is 16.3. The number of hydrogen-bond acceptors (Lipinski definition) is 4. The van der Waals surface area contributed by atoms with Gasteiger partial charge in [-0.3, -0.25) is 4.79 Å². The van der Waals surface area contributed by atoms with Crippen molar-refractivity contribution in [3.8, 4) is 0 Å². The molecular formula is C16H20N2O3. The van der Waals surface area contributed by atoms with Gasteiger partial charge in [0.25, 0.3) is 0 Å². The van der Waals surface area contributed by atoms with Gasteiger partial charge < -0.3 is 21.3 Å². The van der Waals surface area contributed by atoms with Crippen LogP contribution in [0.25, 0.3) is 10.8 Å². The van der Waals surface area contributed by atoms with Crippen LogP contribution in [-0.4, -0.2) is 28.8 Å². The van der Waals surface area contributed by atoms with Crippen LogP contribution >= 0.6 is 0 Å². The fraction of sp³-hybridized carbons (Fsp3) is 0.312. The molecule has 0 spiro atoms. The van der Waals surface area contributed by atoms with Crippen molar-refractivity contribution in [2.45, 2.75) is 25.6 Å². The molecule has 2 atom stereocenters. The van der Waals surface area contributed by atoms with Crippen molar-refractivity contribution < 1.29 is 15.0 Å². The first-order valence-corrected chi connectivity index (χ1v) is 6.88. The summed E-state index contributed by atoms with van der Waals surface area (Å²) in [4.78, 5) is 10.8. The normalized spacial score (nSPS) is 13.9. The smallest absolute Gasteiger partial charge is 0.216 e. The highest BCUT2D eigenvalue weighted by molar-refractivity contribution is 5.95. The van der Waals surface area contributed by atoms with E-state index in [0.717, 1.165) is 10.8 Å². The maximum Gasteiger partial charge on any atom is 0.216 e. The molecule has 5 N–H and O–H groups in total. The number of aliphatic hydroxyl groups excluding tert-OH is 2. The maximum absolute atomic E-state index is 10.8. The number of rotatable bonds is 5. The van der Waals surface area contributed by atoms with Gasteiger partial charge in [0.2, 0.25) is 5.91 Å². The van der Waals surface area contributed by atoms with Gasteiger partial charge in [-0.15, -0.1) is 0 Å². The number of amides is 1. The third-order valence-corrected chi connectivity index (χ3v) is 3.49. The third-order valence-electron chi connectivity index (χ3n) is 3.49. The number of carbonyl (C=O) groups excluding carboxylic acids is 1. The molecule has 5 heteroatoms. The fourth-order valence-corrected chi connectivity index (χ4v) is 2.38. The monoisotopic (exact) mass is 288 g/mol. The second-order valence-electron chi connectivity index (χ2n) is 5.07. The average molecular weight is 288 g/mol. The van der Waals surface area contributed by atoms with Gasteiger partial charge in [-0.25, -0.2) is 0 Å². The Hall–Kier alpha value is -2.11. The molecule has 0 aliphatic heterocycles. The van der Waals surface area contributed by atoms with E-state index < -0.39 is 12.2 Å². The third kappa shape index (κ3) is 3.51. The Bertz CT molecular complexity index is 642. The van der Waals surface area contributed by atoms with E-state index in [2.05, 4.69) is 5.32 Å². The molecule has 0 aromatic heterocycles. The van der Waals surface area contributed by atoms with E-state index in [0.29, 0.717) is 17.8 Å². The number of nitrogens with two attached hydrogens (primary N) is 1. The van der Waals surface area contributed by atoms with Gasteiger partial charge in [-0.05, 0) is 23.4 Å². The van der Waals surface area contributed by atoms with Crippen molar-refractivity contribution in [1.82, 2.24) is 5.32 Å². The summed E-state index contributed by atoms with van der Waals surface area (Å²) in [6.07, 6.45) is -1.70. The van der Waals surface area contributed by atoms with E-state index in [4.69, 9.17) is 5.73 Å². The minimum Gasteiger partial charge on any atom is -0.398 e. The van der Waals surface area contributed by atoms with E-state index in [1.165, 1.54) is 6.92 Å². The predicted octanol–water partition coefficient (Wildman–Crippen LogP) is 1.34. The van der Waals surface area contributed by atoms with E-state index in [9.17, 15) is 15.0 Å². The minimum atomic E-state index is -1.02. The first-order valence-electron chi connectivity index (χ1n) is 6.88. The van der Waals surface area contributed by atoms with Gasteiger partial charge in [0, 0.05) is 24.5 Å². The number of carbonyl (C=O) groups is 1. The molecule has 5 nitrogen and oxygen atoms in total. The standard InChI is InChI=1S/C16H20N2O3/c1-10(19)18-9-8-15(20)16(21)13-6-2-5-12-11(13)4-3-7-14(12)17/h2-7,15-16,20-21H,8-9,17H2,1H3,(H,18,19). The topological polar surface area (TPSA) is 95.6 Å². The molecule has 2 unspecified atom stereocenters. The molecule has 0 aliphatic rings. The van der Waals surface area contributed by atoms with E-state index in [-0.39, 0.29) is 12.3 Å². The molecule has 112 valence electrons. The van der Waals surface area contributed by atoms with Gasteiger partial charge in [0.05, 0.1) is 6.10 Å². The molecule has 2 aromatic carbocycles.